The fourth-order valence-electron chi connectivity index (χ4n) is 3.98. The van der Waals surface area contributed by atoms with Crippen LogP contribution in [0.1, 0.15) is 36.6 Å². The summed E-state index contributed by atoms with van der Waals surface area (Å²) >= 11 is 0. The number of aliphatic hydroxyl groups excluding tert-OH is 1. The second kappa shape index (κ2) is 8.82. The number of ketones is 1. The Morgan fingerprint density at radius 3 is 2.27 bits per heavy atom. The predicted octanol–water partition coefficient (Wildman–Crippen LogP) is 5.11. The van der Waals surface area contributed by atoms with Crippen LogP contribution >= 0.6 is 0 Å². The minimum atomic E-state index is -0.898. The van der Waals surface area contributed by atoms with Crippen molar-refractivity contribution in [1.82, 2.24) is 0 Å². The molecule has 1 heterocycles. The first-order chi connectivity index (χ1) is 15.8. The lowest BCUT2D eigenvalue weighted by Crippen LogP contribution is -2.29. The summed E-state index contributed by atoms with van der Waals surface area (Å²) in [5.74, 6) is -1.41. The smallest absolute Gasteiger partial charge is 0.300 e. The van der Waals surface area contributed by atoms with Gasteiger partial charge in [0, 0.05) is 5.56 Å². The second-order valence-corrected chi connectivity index (χ2v) is 8.26. The van der Waals surface area contributed by atoms with E-state index in [1.165, 1.54) is 11.0 Å². The predicted molar refractivity (Wildman–Crippen MR) is 126 cm³/mol. The Morgan fingerprint density at radius 2 is 1.64 bits per heavy atom. The summed E-state index contributed by atoms with van der Waals surface area (Å²) in [4.78, 5) is 27.6. The Bertz CT molecular complexity index is 1230. The molecular formula is C27H25NO5. The number of benzene rings is 3. The van der Waals surface area contributed by atoms with Crippen LogP contribution in [0.3, 0.4) is 0 Å². The van der Waals surface area contributed by atoms with Gasteiger partial charge in [0.25, 0.3) is 11.7 Å². The molecule has 168 valence electrons. The Hall–Kier alpha value is -4.06. The molecule has 1 aliphatic rings. The van der Waals surface area contributed by atoms with E-state index in [1.807, 2.05) is 26.8 Å². The molecule has 1 aliphatic heterocycles. The third kappa shape index (κ3) is 4.20. The van der Waals surface area contributed by atoms with E-state index in [1.54, 1.807) is 60.7 Å². The number of nitrogens with zero attached hydrogens (tertiary/aromatic N) is 1. The van der Waals surface area contributed by atoms with Crippen LogP contribution in [0.15, 0.2) is 78.4 Å². The minimum absolute atomic E-state index is 0.00476. The third-order valence-corrected chi connectivity index (χ3v) is 5.45. The molecule has 0 bridgehead atoms. The molecule has 33 heavy (non-hydrogen) atoms. The highest BCUT2D eigenvalue weighted by molar-refractivity contribution is 6.51. The van der Waals surface area contributed by atoms with Gasteiger partial charge in [-0.05, 0) is 68.3 Å². The molecule has 0 aromatic heterocycles. The van der Waals surface area contributed by atoms with E-state index < -0.39 is 17.7 Å². The van der Waals surface area contributed by atoms with Crippen molar-refractivity contribution in [2.75, 3.05) is 4.90 Å². The molecule has 0 aliphatic carbocycles. The number of hydrogen-bond acceptors (Lipinski definition) is 5. The number of carbonyl (C=O) groups is 2. The maximum atomic E-state index is 13.2. The maximum absolute atomic E-state index is 13.2. The summed E-state index contributed by atoms with van der Waals surface area (Å²) in [5, 5.41) is 21.7. The zero-order valence-electron chi connectivity index (χ0n) is 18.6. The number of rotatable bonds is 5. The van der Waals surface area contributed by atoms with Crippen LogP contribution in [0, 0.1) is 6.92 Å². The minimum Gasteiger partial charge on any atom is -0.507 e. The summed E-state index contributed by atoms with van der Waals surface area (Å²) in [7, 11) is 0. The second-order valence-electron chi connectivity index (χ2n) is 8.26. The van der Waals surface area contributed by atoms with Crippen LogP contribution in [-0.4, -0.2) is 28.0 Å². The maximum Gasteiger partial charge on any atom is 0.300 e. The molecular weight excluding hydrogens is 418 g/mol. The van der Waals surface area contributed by atoms with Crippen molar-refractivity contribution in [1.29, 1.82) is 0 Å². The van der Waals surface area contributed by atoms with Gasteiger partial charge in [-0.1, -0.05) is 36.4 Å². The van der Waals surface area contributed by atoms with Gasteiger partial charge in [-0.3, -0.25) is 14.5 Å². The number of phenols is 1. The molecule has 6 heteroatoms. The van der Waals surface area contributed by atoms with E-state index in [0.717, 1.165) is 5.56 Å². The van der Waals surface area contributed by atoms with Crippen LogP contribution in [0.2, 0.25) is 0 Å². The number of amides is 1. The monoisotopic (exact) mass is 443 g/mol. The highest BCUT2D eigenvalue weighted by Gasteiger charge is 2.47. The van der Waals surface area contributed by atoms with Crippen LogP contribution in [0.4, 0.5) is 5.69 Å². The van der Waals surface area contributed by atoms with Crippen molar-refractivity contribution >= 4 is 23.1 Å². The first kappa shape index (κ1) is 22.1. The Labute approximate surface area is 192 Å². The van der Waals surface area contributed by atoms with E-state index in [9.17, 15) is 19.8 Å². The average molecular weight is 443 g/mol. The van der Waals surface area contributed by atoms with Crippen molar-refractivity contribution in [3.63, 3.8) is 0 Å². The Morgan fingerprint density at radius 1 is 0.970 bits per heavy atom. The average Bonchev–Trinajstić information content (AvgIpc) is 3.06. The lowest BCUT2D eigenvalue weighted by Gasteiger charge is -2.26. The molecule has 1 amide bonds. The quantitative estimate of drug-likeness (QED) is 0.325. The summed E-state index contributed by atoms with van der Waals surface area (Å²) in [6, 6.07) is 19.6. The van der Waals surface area contributed by atoms with Gasteiger partial charge >= 0.3 is 0 Å². The Kier molecular flexibility index (Phi) is 5.92. The number of aliphatic hydroxyl groups is 1. The summed E-state index contributed by atoms with van der Waals surface area (Å²) in [6.07, 6.45) is -0.00476. The lowest BCUT2D eigenvalue weighted by atomic mass is 9.95. The van der Waals surface area contributed by atoms with E-state index in [4.69, 9.17) is 4.74 Å². The number of aryl methyl sites for hydroxylation is 1. The zero-order chi connectivity index (χ0) is 23.7. The molecule has 3 aromatic carbocycles. The molecule has 3 aromatic rings. The Balaban J connectivity index is 1.88. The molecule has 0 saturated carbocycles. The largest absolute Gasteiger partial charge is 0.507 e. The number of Topliss-reactive ketones (excluding diaryl/α,β-unsaturated/α-hetero) is 1. The van der Waals surface area contributed by atoms with Crippen LogP contribution < -0.4 is 9.64 Å². The van der Waals surface area contributed by atoms with Gasteiger partial charge < -0.3 is 14.9 Å². The number of ether oxygens (including phenoxy) is 1. The van der Waals surface area contributed by atoms with Gasteiger partial charge in [-0.25, -0.2) is 0 Å². The standard InChI is InChI=1S/C27H25NO5/c1-16(2)33-20-12-10-19(11-13-20)25(30)23-24(18-7-5-4-6-8-18)28(27(32)26(23)31)21-15-17(3)9-14-22(21)29/h4-16,24,29-30H,1-3H3/b25-23+. The molecule has 2 N–H and O–H groups in total. The van der Waals surface area contributed by atoms with Gasteiger partial charge in [0.1, 0.15) is 17.3 Å². The van der Waals surface area contributed by atoms with Crippen molar-refractivity contribution in [3.05, 3.63) is 95.1 Å². The van der Waals surface area contributed by atoms with E-state index in [2.05, 4.69) is 0 Å². The number of hydrogen-bond donors (Lipinski definition) is 2. The van der Waals surface area contributed by atoms with Crippen LogP contribution in [0.5, 0.6) is 11.5 Å². The summed E-state index contributed by atoms with van der Waals surface area (Å²) in [5.41, 5.74) is 2.02. The molecule has 0 radical (unpaired) electrons. The molecule has 0 spiro atoms. The van der Waals surface area contributed by atoms with Gasteiger partial charge in [0.2, 0.25) is 0 Å². The van der Waals surface area contributed by atoms with Crippen LogP contribution in [-0.2, 0) is 9.59 Å². The SMILES string of the molecule is Cc1ccc(O)c(N2C(=O)C(=O)/C(=C(/O)c3ccc(OC(C)C)cc3)C2c2ccccc2)c1. The fraction of sp³-hybridized carbons (Fsp3) is 0.185. The van der Waals surface area contributed by atoms with Crippen LogP contribution in [0.25, 0.3) is 5.76 Å². The topological polar surface area (TPSA) is 87.1 Å². The molecule has 1 fully saturated rings. The first-order valence-corrected chi connectivity index (χ1v) is 10.7. The molecule has 6 nitrogen and oxygen atoms in total. The molecule has 1 unspecified atom stereocenters. The van der Waals surface area contributed by atoms with Gasteiger partial charge in [0.15, 0.2) is 0 Å². The van der Waals surface area contributed by atoms with Gasteiger partial charge in [-0.15, -0.1) is 0 Å². The first-order valence-electron chi connectivity index (χ1n) is 10.7. The van der Waals surface area contributed by atoms with Gasteiger partial charge in [-0.2, -0.15) is 0 Å². The molecule has 1 saturated heterocycles. The highest BCUT2D eigenvalue weighted by atomic mass is 16.5. The summed E-state index contributed by atoms with van der Waals surface area (Å²) in [6.45, 7) is 5.66. The van der Waals surface area contributed by atoms with Crippen molar-refractivity contribution in [2.24, 2.45) is 0 Å². The van der Waals surface area contributed by atoms with E-state index in [-0.39, 0.29) is 28.9 Å². The molecule has 1 atom stereocenters. The zero-order valence-corrected chi connectivity index (χ0v) is 18.6. The highest BCUT2D eigenvalue weighted by Crippen LogP contribution is 2.44. The van der Waals surface area contributed by atoms with Crippen molar-refractivity contribution in [2.45, 2.75) is 32.9 Å². The number of anilines is 1. The number of aromatic hydroxyl groups is 1. The third-order valence-electron chi connectivity index (χ3n) is 5.45. The van der Waals surface area contributed by atoms with Crippen molar-refractivity contribution in [3.8, 4) is 11.5 Å². The lowest BCUT2D eigenvalue weighted by molar-refractivity contribution is -0.132. The van der Waals surface area contributed by atoms with Crippen molar-refractivity contribution < 1.29 is 24.5 Å². The fourth-order valence-corrected chi connectivity index (χ4v) is 3.98. The normalized spacial score (nSPS) is 17.6. The molecule has 4 rings (SSSR count). The summed E-state index contributed by atoms with van der Waals surface area (Å²) < 4.78 is 5.65. The van der Waals surface area contributed by atoms with Gasteiger partial charge in [0.05, 0.1) is 23.4 Å². The number of phenolic OH excluding ortho intramolecular Hbond substituents is 1. The van der Waals surface area contributed by atoms with E-state index in [0.29, 0.717) is 16.9 Å². The number of carbonyl (C=O) groups excluding carboxylic acids is 2. The van der Waals surface area contributed by atoms with E-state index >= 15 is 0 Å².